The first-order valence-corrected chi connectivity index (χ1v) is 7.78. The molecule has 0 heterocycles. The summed E-state index contributed by atoms with van der Waals surface area (Å²) >= 11 is 0. The third-order valence-electron chi connectivity index (χ3n) is 4.93. The van der Waals surface area contributed by atoms with Crippen LogP contribution >= 0.6 is 0 Å². The molecule has 1 aromatic rings. The summed E-state index contributed by atoms with van der Waals surface area (Å²) in [6.45, 7) is 0. The Morgan fingerprint density at radius 1 is 1.00 bits per heavy atom. The van der Waals surface area contributed by atoms with Crippen LogP contribution in [-0.2, 0) is 0 Å². The van der Waals surface area contributed by atoms with E-state index in [2.05, 4.69) is 61.2 Å². The van der Waals surface area contributed by atoms with Crippen LogP contribution in [-0.4, -0.2) is 24.4 Å². The first-order valence-electron chi connectivity index (χ1n) is 7.78. The van der Waals surface area contributed by atoms with Crippen LogP contribution in [0.3, 0.4) is 0 Å². The number of hydrogen-bond donors (Lipinski definition) is 0. The Morgan fingerprint density at radius 3 is 2.35 bits per heavy atom. The second-order valence-electron chi connectivity index (χ2n) is 6.59. The lowest BCUT2D eigenvalue weighted by molar-refractivity contribution is -0.463. The zero-order valence-corrected chi connectivity index (χ0v) is 12.3. The van der Waals surface area contributed by atoms with Gasteiger partial charge in [0.1, 0.15) is 14.1 Å². The minimum atomic E-state index is 0.660. The molecule has 0 amide bonds. The lowest BCUT2D eigenvalue weighted by atomic mass is 9.87. The van der Waals surface area contributed by atoms with Crippen molar-refractivity contribution in [1.82, 2.24) is 0 Å². The van der Waals surface area contributed by atoms with Crippen molar-refractivity contribution >= 4 is 5.71 Å². The van der Waals surface area contributed by atoms with E-state index in [1.54, 1.807) is 11.1 Å². The molecule has 0 N–H and O–H groups in total. The highest BCUT2D eigenvalue weighted by Crippen LogP contribution is 2.53. The standard InChI is InChI=1S/C19H22N/c1-20(2)19(14-6-4-3-5-7-14)18-16-11-10-15(12-16)17(18)13-8-9-13/h3-7,10-11,13,15-16H,8-9,12H2,1-2H3/q+1/t15-,16+/m0/s1. The maximum absolute atomic E-state index is 2.46. The number of hydrogen-bond acceptors (Lipinski definition) is 0. The number of nitrogens with zero attached hydrogens (tertiary/aromatic N) is 1. The molecule has 0 aromatic heterocycles. The molecule has 0 spiro atoms. The zero-order valence-electron chi connectivity index (χ0n) is 12.3. The summed E-state index contributed by atoms with van der Waals surface area (Å²) in [4.78, 5) is 0. The molecule has 1 fully saturated rings. The average Bonchev–Trinajstić information content (AvgIpc) is 3.09. The maximum Gasteiger partial charge on any atom is 0.210 e. The molecular weight excluding hydrogens is 242 g/mol. The Hall–Kier alpha value is -1.63. The summed E-state index contributed by atoms with van der Waals surface area (Å²) in [6.07, 6.45) is 9.04. The summed E-state index contributed by atoms with van der Waals surface area (Å²) in [5, 5.41) is 0. The van der Waals surface area contributed by atoms with E-state index in [4.69, 9.17) is 0 Å². The Kier molecular flexibility index (Phi) is 2.70. The molecule has 2 atom stereocenters. The van der Waals surface area contributed by atoms with E-state index in [-0.39, 0.29) is 0 Å². The van der Waals surface area contributed by atoms with Gasteiger partial charge in [0.2, 0.25) is 5.71 Å². The topological polar surface area (TPSA) is 3.01 Å². The third-order valence-corrected chi connectivity index (χ3v) is 4.93. The summed E-state index contributed by atoms with van der Waals surface area (Å²) in [5.74, 6) is 2.28. The highest BCUT2D eigenvalue weighted by molar-refractivity contribution is 6.11. The van der Waals surface area contributed by atoms with E-state index in [0.717, 1.165) is 11.8 Å². The first-order chi connectivity index (χ1) is 9.75. The van der Waals surface area contributed by atoms with Crippen molar-refractivity contribution in [3.05, 3.63) is 59.2 Å². The van der Waals surface area contributed by atoms with Gasteiger partial charge in [-0.15, -0.1) is 0 Å². The fourth-order valence-corrected chi connectivity index (χ4v) is 4.04. The molecule has 1 nitrogen and oxygen atoms in total. The van der Waals surface area contributed by atoms with Gasteiger partial charge in [-0.05, 0) is 48.8 Å². The monoisotopic (exact) mass is 264 g/mol. The second-order valence-corrected chi connectivity index (χ2v) is 6.59. The van der Waals surface area contributed by atoms with E-state index in [1.807, 2.05) is 0 Å². The molecule has 0 radical (unpaired) electrons. The summed E-state index contributed by atoms with van der Waals surface area (Å²) < 4.78 is 2.32. The van der Waals surface area contributed by atoms with Gasteiger partial charge in [-0.25, -0.2) is 4.58 Å². The fraction of sp³-hybridized carbons (Fsp3) is 0.421. The van der Waals surface area contributed by atoms with Gasteiger partial charge in [-0.2, -0.15) is 0 Å². The van der Waals surface area contributed by atoms with Gasteiger partial charge < -0.3 is 0 Å². The van der Waals surface area contributed by atoms with Crippen LogP contribution in [0.1, 0.15) is 24.8 Å². The molecule has 3 aliphatic rings. The van der Waals surface area contributed by atoms with Crippen LogP contribution in [0.25, 0.3) is 0 Å². The molecule has 0 unspecified atom stereocenters. The van der Waals surface area contributed by atoms with E-state index < -0.39 is 0 Å². The van der Waals surface area contributed by atoms with Crippen molar-refractivity contribution in [1.29, 1.82) is 0 Å². The van der Waals surface area contributed by atoms with Gasteiger partial charge in [0.05, 0.1) is 0 Å². The van der Waals surface area contributed by atoms with Crippen LogP contribution in [0.4, 0.5) is 0 Å². The van der Waals surface area contributed by atoms with Gasteiger partial charge in [0.15, 0.2) is 0 Å². The number of fused-ring (bicyclic) bond motifs is 2. The van der Waals surface area contributed by atoms with Crippen molar-refractivity contribution < 1.29 is 4.58 Å². The Labute approximate surface area is 121 Å². The van der Waals surface area contributed by atoms with Crippen LogP contribution in [0.5, 0.6) is 0 Å². The van der Waals surface area contributed by atoms with Gasteiger partial charge >= 0.3 is 0 Å². The van der Waals surface area contributed by atoms with E-state index >= 15 is 0 Å². The molecule has 102 valence electrons. The molecule has 1 aromatic carbocycles. The number of rotatable bonds is 3. The quantitative estimate of drug-likeness (QED) is 0.445. The van der Waals surface area contributed by atoms with Crippen molar-refractivity contribution in [3.63, 3.8) is 0 Å². The second kappa shape index (κ2) is 4.44. The number of benzene rings is 1. The van der Waals surface area contributed by atoms with Gasteiger partial charge in [0.25, 0.3) is 0 Å². The SMILES string of the molecule is C[N+](C)=C(C1=C(C2CC2)[C@H]2C=C[C@@H]1C2)c1ccccc1. The maximum atomic E-state index is 2.46. The molecule has 0 aliphatic heterocycles. The summed E-state index contributed by atoms with van der Waals surface area (Å²) in [6, 6.07) is 10.9. The predicted octanol–water partition coefficient (Wildman–Crippen LogP) is 3.66. The van der Waals surface area contributed by atoms with Crippen molar-refractivity contribution in [3.8, 4) is 0 Å². The largest absolute Gasteiger partial charge is 0.235 e. The molecule has 3 aliphatic carbocycles. The predicted molar refractivity (Wildman–Crippen MR) is 83.1 cm³/mol. The highest BCUT2D eigenvalue weighted by atomic mass is 14.9. The lowest BCUT2D eigenvalue weighted by Gasteiger charge is -2.16. The molecule has 1 saturated carbocycles. The van der Waals surface area contributed by atoms with Crippen molar-refractivity contribution in [2.45, 2.75) is 19.3 Å². The van der Waals surface area contributed by atoms with Crippen LogP contribution < -0.4 is 0 Å². The van der Waals surface area contributed by atoms with Gasteiger partial charge in [-0.1, -0.05) is 30.4 Å². The van der Waals surface area contributed by atoms with Crippen molar-refractivity contribution in [2.75, 3.05) is 14.1 Å². The van der Waals surface area contributed by atoms with E-state index in [9.17, 15) is 0 Å². The smallest absolute Gasteiger partial charge is 0.210 e. The molecule has 1 heteroatoms. The van der Waals surface area contributed by atoms with E-state index in [0.29, 0.717) is 5.92 Å². The van der Waals surface area contributed by atoms with Crippen LogP contribution in [0.2, 0.25) is 0 Å². The Balaban J connectivity index is 1.87. The van der Waals surface area contributed by atoms with Crippen LogP contribution in [0, 0.1) is 17.8 Å². The molecular formula is C19H22N+. The zero-order chi connectivity index (χ0) is 13.7. The van der Waals surface area contributed by atoms with Gasteiger partial charge in [-0.3, -0.25) is 0 Å². The average molecular weight is 264 g/mol. The fourth-order valence-electron chi connectivity index (χ4n) is 4.04. The summed E-state index contributed by atoms with van der Waals surface area (Å²) in [7, 11) is 4.38. The minimum Gasteiger partial charge on any atom is -0.235 e. The Bertz CT molecular complexity index is 625. The summed E-state index contributed by atoms with van der Waals surface area (Å²) in [5.41, 5.74) is 6.23. The number of allylic oxidation sites excluding steroid dienone is 4. The van der Waals surface area contributed by atoms with E-state index in [1.165, 1.54) is 30.5 Å². The van der Waals surface area contributed by atoms with Crippen molar-refractivity contribution in [2.24, 2.45) is 17.8 Å². The third kappa shape index (κ3) is 1.80. The molecule has 20 heavy (non-hydrogen) atoms. The molecule has 4 rings (SSSR count). The molecule has 2 bridgehead atoms. The minimum absolute atomic E-state index is 0.660. The highest BCUT2D eigenvalue weighted by Gasteiger charge is 2.45. The lowest BCUT2D eigenvalue weighted by Crippen LogP contribution is -2.21. The first kappa shape index (κ1) is 12.1. The Morgan fingerprint density at radius 2 is 1.70 bits per heavy atom. The van der Waals surface area contributed by atoms with Crippen LogP contribution in [0.15, 0.2) is 53.6 Å². The normalized spacial score (nSPS) is 27.3. The molecule has 0 saturated heterocycles. The van der Waals surface area contributed by atoms with Gasteiger partial charge in [0, 0.05) is 17.1 Å².